The van der Waals surface area contributed by atoms with Crippen LogP contribution in [-0.2, 0) is 9.53 Å². The van der Waals surface area contributed by atoms with Crippen LogP contribution in [0.1, 0.15) is 41.9 Å². The average Bonchev–Trinajstić information content (AvgIpc) is 2.89. The summed E-state index contributed by atoms with van der Waals surface area (Å²) in [5.41, 5.74) is 1.19. The molecule has 10 nitrogen and oxygen atoms in total. The number of amides is 2. The Morgan fingerprint density at radius 1 is 1.12 bits per heavy atom. The molecule has 0 radical (unpaired) electrons. The number of ether oxygens (including phenoxy) is 1. The summed E-state index contributed by atoms with van der Waals surface area (Å²) in [5.74, 6) is -0.232. The second-order valence-corrected chi connectivity index (χ2v) is 8.61. The third-order valence-electron chi connectivity index (χ3n) is 6.40. The van der Waals surface area contributed by atoms with Crippen molar-refractivity contribution in [1.29, 1.82) is 0 Å². The van der Waals surface area contributed by atoms with E-state index in [1.807, 2.05) is 24.0 Å². The van der Waals surface area contributed by atoms with Gasteiger partial charge >= 0.3 is 0 Å². The zero-order chi connectivity index (χ0) is 24.1. The maximum Gasteiger partial charge on any atom is 0.293 e. The molecule has 2 saturated heterocycles. The Morgan fingerprint density at radius 3 is 2.50 bits per heavy atom. The number of nitrogens with one attached hydrogen (secondary N) is 1. The van der Waals surface area contributed by atoms with Crippen molar-refractivity contribution < 1.29 is 19.2 Å². The zero-order valence-corrected chi connectivity index (χ0v) is 19.2. The van der Waals surface area contributed by atoms with Gasteiger partial charge in [-0.05, 0) is 44.0 Å². The number of anilines is 1. The van der Waals surface area contributed by atoms with Crippen molar-refractivity contribution in [3.05, 3.63) is 64.0 Å². The Bertz CT molecular complexity index is 1030. The number of likely N-dealkylation sites (tertiary alicyclic amines) is 1. The molecule has 1 aromatic carbocycles. The molecule has 1 N–H and O–H groups in total. The fraction of sp³-hybridized carbons (Fsp3) is 0.458. The lowest BCUT2D eigenvalue weighted by Crippen LogP contribution is -2.47. The predicted molar refractivity (Wildman–Crippen MR) is 125 cm³/mol. The summed E-state index contributed by atoms with van der Waals surface area (Å²) in [6.07, 6.45) is 2.85. The third kappa shape index (κ3) is 5.33. The Balaban J connectivity index is 1.41. The van der Waals surface area contributed by atoms with Crippen LogP contribution < -0.4 is 5.32 Å². The summed E-state index contributed by atoms with van der Waals surface area (Å²) in [4.78, 5) is 44.8. The van der Waals surface area contributed by atoms with Crippen molar-refractivity contribution in [2.75, 3.05) is 44.7 Å². The first-order chi connectivity index (χ1) is 16.4. The molecule has 1 unspecified atom stereocenters. The smallest absolute Gasteiger partial charge is 0.293 e. The van der Waals surface area contributed by atoms with Gasteiger partial charge in [0, 0.05) is 49.9 Å². The van der Waals surface area contributed by atoms with Gasteiger partial charge in [0.1, 0.15) is 5.69 Å². The third-order valence-corrected chi connectivity index (χ3v) is 6.40. The van der Waals surface area contributed by atoms with Crippen molar-refractivity contribution >= 4 is 23.2 Å². The van der Waals surface area contributed by atoms with Crippen LogP contribution in [0.4, 0.5) is 11.4 Å². The fourth-order valence-electron chi connectivity index (χ4n) is 4.43. The number of piperidine rings is 1. The van der Waals surface area contributed by atoms with Crippen LogP contribution in [-0.4, -0.2) is 70.9 Å². The lowest BCUT2D eigenvalue weighted by molar-refractivity contribution is -0.384. The maximum atomic E-state index is 13.1. The van der Waals surface area contributed by atoms with Crippen molar-refractivity contribution in [1.82, 2.24) is 14.8 Å². The Labute approximate surface area is 198 Å². The lowest BCUT2D eigenvalue weighted by atomic mass is 9.94. The van der Waals surface area contributed by atoms with Gasteiger partial charge in [-0.2, -0.15) is 0 Å². The predicted octanol–water partition coefficient (Wildman–Crippen LogP) is 2.87. The summed E-state index contributed by atoms with van der Waals surface area (Å²) < 4.78 is 5.31. The number of hydrogen-bond donors (Lipinski definition) is 1. The summed E-state index contributed by atoms with van der Waals surface area (Å²) in [5, 5.41) is 14.9. The number of rotatable bonds is 6. The number of hydrogen-bond acceptors (Lipinski definition) is 7. The van der Waals surface area contributed by atoms with Gasteiger partial charge in [-0.3, -0.25) is 24.7 Å². The van der Waals surface area contributed by atoms with Crippen molar-refractivity contribution in [2.45, 2.75) is 25.8 Å². The van der Waals surface area contributed by atoms with E-state index in [-0.39, 0.29) is 35.0 Å². The molecular weight excluding hydrogens is 438 g/mol. The van der Waals surface area contributed by atoms with E-state index >= 15 is 0 Å². The second kappa shape index (κ2) is 10.6. The number of aromatic nitrogens is 1. The van der Waals surface area contributed by atoms with E-state index < -0.39 is 4.92 Å². The van der Waals surface area contributed by atoms with E-state index in [4.69, 9.17) is 4.74 Å². The summed E-state index contributed by atoms with van der Waals surface area (Å²) >= 11 is 0. The van der Waals surface area contributed by atoms with Crippen molar-refractivity contribution in [2.24, 2.45) is 5.92 Å². The molecule has 2 aromatic rings. The van der Waals surface area contributed by atoms with Gasteiger partial charge in [0.2, 0.25) is 5.91 Å². The number of nitro benzene ring substituents is 1. The highest BCUT2D eigenvalue weighted by Gasteiger charge is 2.31. The Hall–Kier alpha value is -3.53. The highest BCUT2D eigenvalue weighted by molar-refractivity contribution is 5.96. The van der Waals surface area contributed by atoms with E-state index in [0.717, 1.165) is 5.69 Å². The van der Waals surface area contributed by atoms with E-state index in [1.54, 1.807) is 29.3 Å². The first kappa shape index (κ1) is 23.6. The number of morpholine rings is 1. The first-order valence-corrected chi connectivity index (χ1v) is 11.6. The molecule has 0 aliphatic carbocycles. The molecule has 2 aliphatic rings. The first-order valence-electron chi connectivity index (χ1n) is 11.6. The molecule has 0 bridgehead atoms. The minimum atomic E-state index is -0.489. The molecule has 180 valence electrons. The van der Waals surface area contributed by atoms with Crippen LogP contribution >= 0.6 is 0 Å². The highest BCUT2D eigenvalue weighted by atomic mass is 16.6. The topological polar surface area (TPSA) is 118 Å². The van der Waals surface area contributed by atoms with Crippen LogP contribution in [0, 0.1) is 16.0 Å². The van der Waals surface area contributed by atoms with Crippen LogP contribution in [0.2, 0.25) is 0 Å². The van der Waals surface area contributed by atoms with Gasteiger partial charge < -0.3 is 19.9 Å². The van der Waals surface area contributed by atoms with Gasteiger partial charge in [0.15, 0.2) is 0 Å². The molecule has 1 atom stereocenters. The molecule has 2 fully saturated rings. The van der Waals surface area contributed by atoms with Gasteiger partial charge in [-0.1, -0.05) is 6.07 Å². The number of pyridine rings is 1. The largest absolute Gasteiger partial charge is 0.378 e. The number of nitro groups is 1. The minimum absolute atomic E-state index is 0.101. The molecule has 1 aromatic heterocycles. The zero-order valence-electron chi connectivity index (χ0n) is 19.2. The number of carbonyl (C=O) groups is 2. The number of benzene rings is 1. The lowest BCUT2D eigenvalue weighted by Gasteiger charge is -2.35. The molecule has 2 amide bonds. The van der Waals surface area contributed by atoms with E-state index in [2.05, 4.69) is 10.3 Å². The van der Waals surface area contributed by atoms with Gasteiger partial charge in [0.25, 0.3) is 11.6 Å². The standard InChI is InChI=1S/C24H29N5O5/c1-17(20-4-2-3-9-25-20)26-21-6-5-19(16-22(21)29(32)33)24(31)27-10-7-18(8-11-27)23(30)28-12-14-34-15-13-28/h2-6,9,16-18,26H,7-8,10-15H2,1H3. The molecule has 10 heteroatoms. The Kier molecular flexibility index (Phi) is 7.36. The second-order valence-electron chi connectivity index (χ2n) is 8.61. The molecule has 0 saturated carbocycles. The van der Waals surface area contributed by atoms with Crippen molar-refractivity contribution in [3.63, 3.8) is 0 Å². The maximum absolute atomic E-state index is 13.1. The number of nitrogens with zero attached hydrogens (tertiary/aromatic N) is 4. The van der Waals surface area contributed by atoms with E-state index in [1.165, 1.54) is 6.07 Å². The summed E-state index contributed by atoms with van der Waals surface area (Å²) in [6.45, 7) is 5.12. The molecular formula is C24H29N5O5. The van der Waals surface area contributed by atoms with Gasteiger partial charge in [-0.15, -0.1) is 0 Å². The van der Waals surface area contributed by atoms with Crippen LogP contribution in [0.3, 0.4) is 0 Å². The number of carbonyl (C=O) groups excluding carboxylic acids is 2. The SMILES string of the molecule is CC(Nc1ccc(C(=O)N2CCC(C(=O)N3CCOCC3)CC2)cc1[N+](=O)[O-])c1ccccn1. The van der Waals surface area contributed by atoms with E-state index in [9.17, 15) is 19.7 Å². The monoisotopic (exact) mass is 467 g/mol. The fourth-order valence-corrected chi connectivity index (χ4v) is 4.43. The summed E-state index contributed by atoms with van der Waals surface area (Å²) in [6, 6.07) is 9.75. The molecule has 3 heterocycles. The van der Waals surface area contributed by atoms with Gasteiger partial charge in [0.05, 0.1) is 29.9 Å². The van der Waals surface area contributed by atoms with Crippen LogP contribution in [0.25, 0.3) is 0 Å². The van der Waals surface area contributed by atoms with Crippen LogP contribution in [0.15, 0.2) is 42.6 Å². The van der Waals surface area contributed by atoms with E-state index in [0.29, 0.717) is 57.9 Å². The van der Waals surface area contributed by atoms with Gasteiger partial charge in [-0.25, -0.2) is 0 Å². The highest BCUT2D eigenvalue weighted by Crippen LogP contribution is 2.30. The minimum Gasteiger partial charge on any atom is -0.378 e. The average molecular weight is 468 g/mol. The summed E-state index contributed by atoms with van der Waals surface area (Å²) in [7, 11) is 0. The molecule has 2 aliphatic heterocycles. The molecule has 4 rings (SSSR count). The normalized spacial score (nSPS) is 17.8. The van der Waals surface area contributed by atoms with Crippen molar-refractivity contribution in [3.8, 4) is 0 Å². The molecule has 34 heavy (non-hydrogen) atoms. The molecule has 0 spiro atoms. The quantitative estimate of drug-likeness (QED) is 0.513. The van der Waals surface area contributed by atoms with Crippen LogP contribution in [0.5, 0.6) is 0 Å². The Morgan fingerprint density at radius 2 is 1.85 bits per heavy atom.